The summed E-state index contributed by atoms with van der Waals surface area (Å²) in [6, 6.07) is 20.6. The molecule has 218 valence electrons. The largest absolute Gasteiger partial charge is 1.00 e. The molecule has 3 fully saturated rings. The molecule has 1 aromatic heterocycles. The molecule has 2 aromatic carbocycles. The first-order valence-electron chi connectivity index (χ1n) is 14.2. The molecule has 6 rings (SSSR count). The highest BCUT2D eigenvalue weighted by atomic mass is 79.9. The zero-order valence-corrected chi connectivity index (χ0v) is 25.7. The summed E-state index contributed by atoms with van der Waals surface area (Å²) in [5, 5.41) is 3.54. The lowest BCUT2D eigenvalue weighted by atomic mass is 9.71. The number of fused-ring (bicyclic) bond motifs is 4. The number of piperidine rings is 3. The summed E-state index contributed by atoms with van der Waals surface area (Å²) < 4.78 is 12.5. The second-order valence-electron chi connectivity index (χ2n) is 12.2. The van der Waals surface area contributed by atoms with E-state index in [1.807, 2.05) is 36.4 Å². The number of aromatic nitrogens is 1. The number of pyridine rings is 1. The van der Waals surface area contributed by atoms with Gasteiger partial charge in [-0.25, -0.2) is 4.79 Å². The normalized spacial score (nSPS) is 24.1. The number of quaternary nitrogens is 1. The van der Waals surface area contributed by atoms with Crippen molar-refractivity contribution in [1.29, 1.82) is 0 Å². The molecule has 2 bridgehead atoms. The van der Waals surface area contributed by atoms with Crippen molar-refractivity contribution in [3.05, 3.63) is 90.6 Å². The Morgan fingerprint density at radius 1 is 1.12 bits per heavy atom. The lowest BCUT2D eigenvalue weighted by Gasteiger charge is -2.58. The first-order chi connectivity index (χ1) is 19.2. The van der Waals surface area contributed by atoms with Crippen molar-refractivity contribution >= 4 is 23.0 Å². The number of rotatable bonds is 8. The third-order valence-electron chi connectivity index (χ3n) is 8.39. The van der Waals surface area contributed by atoms with Crippen LogP contribution in [0.5, 0.6) is 0 Å². The summed E-state index contributed by atoms with van der Waals surface area (Å²) in [4.78, 5) is 30.2. The van der Waals surface area contributed by atoms with E-state index < -0.39 is 23.8 Å². The lowest BCUT2D eigenvalue weighted by Crippen LogP contribution is -3.00. The zero-order chi connectivity index (χ0) is 28.3. The number of amides is 1. The van der Waals surface area contributed by atoms with Gasteiger partial charge >= 0.3 is 12.1 Å². The second kappa shape index (κ2) is 12.7. The fraction of sp³-hybridized carbons (Fsp3) is 0.424. The molecule has 0 aliphatic carbocycles. The predicted molar refractivity (Wildman–Crippen MR) is 155 cm³/mol. The van der Waals surface area contributed by atoms with Crippen LogP contribution in [0.4, 0.5) is 4.79 Å². The fourth-order valence-corrected chi connectivity index (χ4v) is 6.67. The van der Waals surface area contributed by atoms with Gasteiger partial charge in [0, 0.05) is 41.5 Å². The molecular weight excluding hydrogens is 582 g/mol. The highest BCUT2D eigenvalue weighted by Gasteiger charge is 2.55. The molecule has 0 spiro atoms. The molecule has 3 aliphatic heterocycles. The Labute approximate surface area is 253 Å². The average Bonchev–Trinajstić information content (AvgIpc) is 2.94. The van der Waals surface area contributed by atoms with Gasteiger partial charge in [-0.3, -0.25) is 9.78 Å². The van der Waals surface area contributed by atoms with Crippen LogP contribution < -0.4 is 22.3 Å². The summed E-state index contributed by atoms with van der Waals surface area (Å²) in [6.45, 7) is 12.1. The third kappa shape index (κ3) is 6.99. The lowest BCUT2D eigenvalue weighted by molar-refractivity contribution is -0.984. The van der Waals surface area contributed by atoms with Crippen LogP contribution in [0.2, 0.25) is 0 Å². The maximum Gasteiger partial charge on any atom is 0.408 e. The van der Waals surface area contributed by atoms with Gasteiger partial charge in [-0.15, -0.1) is 6.58 Å². The highest BCUT2D eigenvalue weighted by molar-refractivity contribution is 5.83. The van der Waals surface area contributed by atoms with E-state index in [1.165, 1.54) is 5.56 Å². The molecule has 5 atom stereocenters. The van der Waals surface area contributed by atoms with Crippen molar-refractivity contribution in [2.75, 3.05) is 19.6 Å². The van der Waals surface area contributed by atoms with Crippen LogP contribution in [-0.2, 0) is 20.8 Å². The van der Waals surface area contributed by atoms with Crippen LogP contribution in [0.3, 0.4) is 0 Å². The van der Waals surface area contributed by atoms with E-state index in [1.54, 1.807) is 27.0 Å². The first-order valence-corrected chi connectivity index (χ1v) is 14.2. The number of ether oxygens (including phenoxy) is 2. The van der Waals surface area contributed by atoms with Crippen LogP contribution in [-0.4, -0.2) is 52.8 Å². The number of hydrogen-bond acceptors (Lipinski definition) is 5. The number of esters is 1. The molecule has 41 heavy (non-hydrogen) atoms. The number of alkyl carbamates (subject to hydrolysis) is 1. The number of carbonyl (C=O) groups excluding carboxylic acids is 2. The molecular formula is C33H40BrN3O4. The summed E-state index contributed by atoms with van der Waals surface area (Å²) >= 11 is 0. The summed E-state index contributed by atoms with van der Waals surface area (Å²) in [6.07, 6.45) is 4.82. The molecule has 1 amide bonds. The SMILES string of the molecule is C=C[C@H]1C[N+]2(Cc3ccccc3)CC[C@H]1C[C@@H]2[C@@H](OC(=O)CNC(=O)OC(C)(C)C)c1ccnc2ccccc12.[Br-]. The van der Waals surface area contributed by atoms with E-state index in [0.29, 0.717) is 11.8 Å². The number of nitrogens with zero attached hydrogens (tertiary/aromatic N) is 2. The van der Waals surface area contributed by atoms with Crippen molar-refractivity contribution in [3.8, 4) is 0 Å². The predicted octanol–water partition coefficient (Wildman–Crippen LogP) is 2.96. The van der Waals surface area contributed by atoms with Crippen LogP contribution in [0.1, 0.15) is 50.8 Å². The number of carbonyl (C=O) groups is 2. The van der Waals surface area contributed by atoms with Crippen LogP contribution in [0.25, 0.3) is 10.9 Å². The van der Waals surface area contributed by atoms with Crippen molar-refractivity contribution in [3.63, 3.8) is 0 Å². The van der Waals surface area contributed by atoms with Crippen LogP contribution >= 0.6 is 0 Å². The molecule has 4 heterocycles. The monoisotopic (exact) mass is 621 g/mol. The van der Waals surface area contributed by atoms with Crippen molar-refractivity contribution in [1.82, 2.24) is 10.3 Å². The minimum Gasteiger partial charge on any atom is -1.00 e. The van der Waals surface area contributed by atoms with Crippen molar-refractivity contribution in [2.24, 2.45) is 11.8 Å². The summed E-state index contributed by atoms with van der Waals surface area (Å²) in [5.41, 5.74) is 2.43. The number of para-hydroxylation sites is 1. The van der Waals surface area contributed by atoms with E-state index in [9.17, 15) is 9.59 Å². The summed E-state index contributed by atoms with van der Waals surface area (Å²) in [7, 11) is 0. The van der Waals surface area contributed by atoms with Gasteiger partial charge in [0.2, 0.25) is 0 Å². The Hall–Kier alpha value is -3.23. The Morgan fingerprint density at radius 2 is 1.85 bits per heavy atom. The van der Waals surface area contributed by atoms with Gasteiger partial charge in [-0.05, 0) is 38.8 Å². The number of halogens is 1. The van der Waals surface area contributed by atoms with E-state index in [-0.39, 0.29) is 29.6 Å². The molecule has 1 N–H and O–H groups in total. The maximum absolute atomic E-state index is 13.3. The molecule has 7 nitrogen and oxygen atoms in total. The molecule has 1 unspecified atom stereocenters. The highest BCUT2D eigenvalue weighted by Crippen LogP contribution is 2.49. The van der Waals surface area contributed by atoms with Crippen LogP contribution in [0, 0.1) is 11.8 Å². The maximum atomic E-state index is 13.3. The van der Waals surface area contributed by atoms with Gasteiger partial charge in [-0.2, -0.15) is 0 Å². The van der Waals surface area contributed by atoms with Crippen molar-refractivity contribution in [2.45, 2.75) is 57.9 Å². The number of hydrogen-bond donors (Lipinski definition) is 1. The van der Waals surface area contributed by atoms with Gasteiger partial charge in [0.25, 0.3) is 0 Å². The van der Waals surface area contributed by atoms with E-state index >= 15 is 0 Å². The van der Waals surface area contributed by atoms with E-state index in [4.69, 9.17) is 9.47 Å². The smallest absolute Gasteiger partial charge is 0.408 e. The second-order valence-corrected chi connectivity index (χ2v) is 12.2. The molecule has 3 aromatic rings. The van der Waals surface area contributed by atoms with Crippen LogP contribution in [0.15, 0.2) is 79.5 Å². The summed E-state index contributed by atoms with van der Waals surface area (Å²) in [5.74, 6) is 0.429. The molecule has 0 radical (unpaired) electrons. The minimum atomic E-state index is -0.656. The molecule has 3 saturated heterocycles. The van der Waals surface area contributed by atoms with Gasteiger partial charge in [-0.1, -0.05) is 54.6 Å². The third-order valence-corrected chi connectivity index (χ3v) is 8.39. The van der Waals surface area contributed by atoms with Crippen molar-refractivity contribution < 1.29 is 40.5 Å². The molecule has 8 heteroatoms. The Balaban J connectivity index is 0.00000387. The van der Waals surface area contributed by atoms with Gasteiger partial charge in [0.1, 0.15) is 24.7 Å². The average molecular weight is 623 g/mol. The number of benzene rings is 2. The fourth-order valence-electron chi connectivity index (χ4n) is 6.67. The van der Waals surface area contributed by atoms with Gasteiger partial charge in [0.05, 0.1) is 18.6 Å². The van der Waals surface area contributed by atoms with E-state index in [2.05, 4.69) is 47.2 Å². The molecule has 3 aliphatic rings. The van der Waals surface area contributed by atoms with E-state index in [0.717, 1.165) is 53.4 Å². The quantitative estimate of drug-likeness (QED) is 0.238. The minimum absolute atomic E-state index is 0. The van der Waals surface area contributed by atoms with Gasteiger partial charge < -0.3 is 36.3 Å². The Bertz CT molecular complexity index is 1370. The Morgan fingerprint density at radius 3 is 2.59 bits per heavy atom. The topological polar surface area (TPSA) is 77.5 Å². The number of nitrogens with one attached hydrogen (secondary N) is 1. The first kappa shape index (κ1) is 30.7. The Kier molecular flexibility index (Phi) is 9.55. The standard InChI is InChI=1S/C33H39N3O4.BrH/c1-5-24-22-36(21-23-11-7-6-8-12-23)18-16-25(24)19-29(36)31(27-15-17-34-28-14-10-9-13-26(27)28)39-30(37)20-35-32(38)40-33(2,3)4;/h5-15,17,24-25,29,31H,1,16,18-22H2,2-4H3;1H/t24-,25-,29+,31-,36?;/m0./s1. The molecule has 0 saturated carbocycles. The van der Waals surface area contributed by atoms with Gasteiger partial charge in [0.15, 0.2) is 6.10 Å². The zero-order valence-electron chi connectivity index (χ0n) is 24.1.